The third kappa shape index (κ3) is 5.08. The maximum Gasteiger partial charge on any atom is 0.441 e. The zero-order valence-corrected chi connectivity index (χ0v) is 9.63. The van der Waals surface area contributed by atoms with Gasteiger partial charge in [0, 0.05) is 31.4 Å². The van der Waals surface area contributed by atoms with Gasteiger partial charge in [0.1, 0.15) is 0 Å². The molecule has 6 heteroatoms. The van der Waals surface area contributed by atoms with Crippen LogP contribution in [0.2, 0.25) is 0 Å². The quantitative estimate of drug-likeness (QED) is 0.766. The summed E-state index contributed by atoms with van der Waals surface area (Å²) in [6.45, 7) is 5.30. The number of nitrogens with zero attached hydrogens (tertiary/aromatic N) is 1. The van der Waals surface area contributed by atoms with Gasteiger partial charge in [-0.2, -0.15) is 13.2 Å². The summed E-state index contributed by atoms with van der Waals surface area (Å²) in [5.74, 6) is 0.139. The lowest BCUT2D eigenvalue weighted by atomic mass is 10.1. The van der Waals surface area contributed by atoms with Crippen LogP contribution in [0.3, 0.4) is 0 Å². The van der Waals surface area contributed by atoms with Gasteiger partial charge in [0.2, 0.25) is 0 Å². The molecular weight excluding hydrogens is 225 g/mol. The Morgan fingerprint density at radius 3 is 2.40 bits per heavy atom. The minimum atomic E-state index is -4.09. The standard InChI is InChI=1S/C9H17F3N2S/c1-2-3-14(8-6-13-7-8)4-5-15-9(10,11)12/h8,13H,2-7H2,1H3. The molecule has 0 saturated carbocycles. The summed E-state index contributed by atoms with van der Waals surface area (Å²) in [6.07, 6.45) is 0.993. The van der Waals surface area contributed by atoms with Gasteiger partial charge in [0.25, 0.3) is 0 Å². The third-order valence-electron chi connectivity index (χ3n) is 2.43. The van der Waals surface area contributed by atoms with Gasteiger partial charge in [-0.15, -0.1) is 0 Å². The molecule has 0 aromatic rings. The third-order valence-corrected chi connectivity index (χ3v) is 3.15. The smallest absolute Gasteiger partial charge is 0.314 e. The van der Waals surface area contributed by atoms with Crippen LogP contribution >= 0.6 is 11.8 Å². The molecule has 2 nitrogen and oxygen atoms in total. The van der Waals surface area contributed by atoms with E-state index in [0.717, 1.165) is 26.1 Å². The fourth-order valence-electron chi connectivity index (χ4n) is 1.57. The van der Waals surface area contributed by atoms with Crippen molar-refractivity contribution in [3.8, 4) is 0 Å². The van der Waals surface area contributed by atoms with Crippen LogP contribution in [0.5, 0.6) is 0 Å². The lowest BCUT2D eigenvalue weighted by molar-refractivity contribution is -0.0329. The summed E-state index contributed by atoms with van der Waals surface area (Å²) in [6, 6.07) is 0.443. The Morgan fingerprint density at radius 1 is 1.33 bits per heavy atom. The van der Waals surface area contributed by atoms with Crippen LogP contribution in [0.25, 0.3) is 0 Å². The van der Waals surface area contributed by atoms with E-state index < -0.39 is 5.51 Å². The molecule has 1 saturated heterocycles. The van der Waals surface area contributed by atoms with Gasteiger partial charge >= 0.3 is 5.51 Å². The maximum absolute atomic E-state index is 11.9. The first-order valence-corrected chi connectivity index (χ1v) is 6.17. The molecule has 90 valence electrons. The van der Waals surface area contributed by atoms with Crippen LogP contribution in [0.4, 0.5) is 13.2 Å². The van der Waals surface area contributed by atoms with Crippen LogP contribution in [0.15, 0.2) is 0 Å². The second-order valence-electron chi connectivity index (χ2n) is 3.64. The van der Waals surface area contributed by atoms with Gasteiger partial charge < -0.3 is 5.32 Å². The van der Waals surface area contributed by atoms with E-state index in [2.05, 4.69) is 17.1 Å². The van der Waals surface area contributed by atoms with Crippen LogP contribution in [-0.2, 0) is 0 Å². The van der Waals surface area contributed by atoms with E-state index in [1.54, 1.807) is 0 Å². The second-order valence-corrected chi connectivity index (χ2v) is 4.80. The van der Waals surface area contributed by atoms with Crippen molar-refractivity contribution in [2.24, 2.45) is 0 Å². The van der Waals surface area contributed by atoms with E-state index in [4.69, 9.17) is 0 Å². The number of thioether (sulfide) groups is 1. The Bertz CT molecular complexity index is 183. The fraction of sp³-hybridized carbons (Fsp3) is 1.00. The lowest BCUT2D eigenvalue weighted by Gasteiger charge is -2.38. The highest BCUT2D eigenvalue weighted by Crippen LogP contribution is 2.30. The number of hydrogen-bond acceptors (Lipinski definition) is 3. The normalized spacial score (nSPS) is 18.2. The molecule has 0 bridgehead atoms. The monoisotopic (exact) mass is 242 g/mol. The predicted octanol–water partition coefficient (Wildman–Crippen LogP) is 1.92. The molecule has 0 radical (unpaired) electrons. The summed E-state index contributed by atoms with van der Waals surface area (Å²) in [7, 11) is 0. The molecule has 0 amide bonds. The predicted molar refractivity (Wildman–Crippen MR) is 57.0 cm³/mol. The highest BCUT2D eigenvalue weighted by atomic mass is 32.2. The van der Waals surface area contributed by atoms with E-state index in [0.29, 0.717) is 12.6 Å². The molecule has 0 spiro atoms. The first-order chi connectivity index (χ1) is 7.03. The molecule has 1 rings (SSSR count). The average molecular weight is 242 g/mol. The van der Waals surface area contributed by atoms with Crippen molar-refractivity contribution in [2.75, 3.05) is 31.9 Å². The van der Waals surface area contributed by atoms with E-state index >= 15 is 0 Å². The van der Waals surface area contributed by atoms with Crippen LogP contribution in [0.1, 0.15) is 13.3 Å². The Labute approximate surface area is 92.6 Å². The second kappa shape index (κ2) is 5.96. The highest BCUT2D eigenvalue weighted by molar-refractivity contribution is 8.00. The van der Waals surface area contributed by atoms with Gasteiger partial charge in [0.05, 0.1) is 0 Å². The van der Waals surface area contributed by atoms with Crippen molar-refractivity contribution >= 4 is 11.8 Å². The summed E-state index contributed by atoms with van der Waals surface area (Å²) < 4.78 is 35.8. The summed E-state index contributed by atoms with van der Waals surface area (Å²) in [5.41, 5.74) is -4.09. The Balaban J connectivity index is 2.19. The van der Waals surface area contributed by atoms with E-state index in [9.17, 15) is 13.2 Å². The fourth-order valence-corrected chi connectivity index (χ4v) is 2.13. The Hall–Kier alpha value is 0.0600. The van der Waals surface area contributed by atoms with Crippen molar-refractivity contribution in [2.45, 2.75) is 24.9 Å². The summed E-state index contributed by atoms with van der Waals surface area (Å²) >= 11 is 0.0777. The molecule has 1 N–H and O–H groups in total. The SMILES string of the molecule is CCCN(CCSC(F)(F)F)C1CNC1. The number of hydrogen-bond donors (Lipinski definition) is 1. The number of alkyl halides is 3. The first-order valence-electron chi connectivity index (χ1n) is 5.18. The molecule has 0 aromatic carbocycles. The van der Waals surface area contributed by atoms with Crippen LogP contribution in [0, 0.1) is 0 Å². The lowest BCUT2D eigenvalue weighted by Crippen LogP contribution is -2.57. The number of halogens is 3. The maximum atomic E-state index is 11.9. The summed E-state index contributed by atoms with van der Waals surface area (Å²) in [4.78, 5) is 2.15. The zero-order valence-electron chi connectivity index (χ0n) is 8.81. The van der Waals surface area contributed by atoms with Crippen molar-refractivity contribution in [1.82, 2.24) is 10.2 Å². The topological polar surface area (TPSA) is 15.3 Å². The summed E-state index contributed by atoms with van der Waals surface area (Å²) in [5, 5.41) is 3.14. The molecule has 0 aliphatic carbocycles. The molecular formula is C9H17F3N2S. The van der Waals surface area contributed by atoms with Crippen molar-refractivity contribution in [3.63, 3.8) is 0 Å². The van der Waals surface area contributed by atoms with Gasteiger partial charge in [0.15, 0.2) is 0 Å². The minimum absolute atomic E-state index is 0.0777. The van der Waals surface area contributed by atoms with Crippen LogP contribution < -0.4 is 5.32 Å². The van der Waals surface area contributed by atoms with E-state index in [-0.39, 0.29) is 17.5 Å². The van der Waals surface area contributed by atoms with E-state index in [1.807, 2.05) is 0 Å². The molecule has 0 atom stereocenters. The average Bonchev–Trinajstić information content (AvgIpc) is 1.98. The van der Waals surface area contributed by atoms with Crippen molar-refractivity contribution in [1.29, 1.82) is 0 Å². The van der Waals surface area contributed by atoms with Crippen LogP contribution in [-0.4, -0.2) is 48.4 Å². The molecule has 1 heterocycles. The minimum Gasteiger partial charge on any atom is -0.314 e. The molecule has 1 aliphatic heterocycles. The van der Waals surface area contributed by atoms with Gasteiger partial charge in [-0.05, 0) is 24.7 Å². The zero-order chi connectivity index (χ0) is 11.3. The Kier molecular flexibility index (Phi) is 5.22. The van der Waals surface area contributed by atoms with E-state index in [1.165, 1.54) is 0 Å². The van der Waals surface area contributed by atoms with Gasteiger partial charge in [-0.3, -0.25) is 4.90 Å². The van der Waals surface area contributed by atoms with Crippen molar-refractivity contribution in [3.05, 3.63) is 0 Å². The van der Waals surface area contributed by atoms with Gasteiger partial charge in [-0.1, -0.05) is 6.92 Å². The molecule has 1 fully saturated rings. The Morgan fingerprint density at radius 2 is 2.00 bits per heavy atom. The van der Waals surface area contributed by atoms with Gasteiger partial charge in [-0.25, -0.2) is 0 Å². The van der Waals surface area contributed by atoms with Crippen molar-refractivity contribution < 1.29 is 13.2 Å². The molecule has 0 unspecified atom stereocenters. The number of rotatable bonds is 6. The molecule has 0 aromatic heterocycles. The molecule has 15 heavy (non-hydrogen) atoms. The number of nitrogens with one attached hydrogen (secondary N) is 1. The highest BCUT2D eigenvalue weighted by Gasteiger charge is 2.29. The first kappa shape index (κ1) is 13.1. The largest absolute Gasteiger partial charge is 0.441 e. The molecule has 1 aliphatic rings.